The highest BCUT2D eigenvalue weighted by atomic mass is 32.2. The Kier molecular flexibility index (Phi) is 9.60. The van der Waals surface area contributed by atoms with E-state index in [2.05, 4.69) is 9.08 Å². The summed E-state index contributed by atoms with van der Waals surface area (Å²) in [6.07, 6.45) is 2.40. The van der Waals surface area contributed by atoms with E-state index in [9.17, 15) is 26.4 Å². The molecule has 1 aliphatic rings. The predicted octanol–water partition coefficient (Wildman–Crippen LogP) is 6.74. The van der Waals surface area contributed by atoms with E-state index in [1.54, 1.807) is 36.4 Å². The molecular weight excluding hydrogens is 605 g/mol. The molecule has 7 nitrogen and oxygen atoms in total. The molecule has 4 aromatic carbocycles. The Morgan fingerprint density at radius 3 is 2.20 bits per heavy atom. The van der Waals surface area contributed by atoms with E-state index in [-0.39, 0.29) is 24.4 Å². The van der Waals surface area contributed by atoms with Crippen molar-refractivity contribution >= 4 is 33.0 Å². The summed E-state index contributed by atoms with van der Waals surface area (Å²) in [6, 6.07) is 29.8. The number of hydrogen-bond acceptors (Lipinski definition) is 6. The number of hydrogen-bond donors (Lipinski definition) is 0. The van der Waals surface area contributed by atoms with Crippen LogP contribution in [0.2, 0.25) is 0 Å². The van der Waals surface area contributed by atoms with Gasteiger partial charge in [0.2, 0.25) is 0 Å². The standard InChI is InChI=1S/C34H31F3N2O5S/c1-43-22-20-29(28-16-10-15-27-19-21-38(32(27)28)23-25-11-4-2-5-12-25)33(40)39(24-26-13-6-3-7-14-26)30-17-8-9-18-31(30)44-45(41,42)34(35,36)37/h2-18,20H,19,21-24H2,1H3/b29-20-. The maximum Gasteiger partial charge on any atom is 0.534 e. The Balaban J connectivity index is 1.62. The number of benzene rings is 4. The maximum absolute atomic E-state index is 14.7. The summed E-state index contributed by atoms with van der Waals surface area (Å²) in [6.45, 7) is 1.32. The smallest absolute Gasteiger partial charge is 0.381 e. The number of methoxy groups -OCH3 is 1. The summed E-state index contributed by atoms with van der Waals surface area (Å²) < 4.78 is 74.1. The molecule has 0 spiro atoms. The Morgan fingerprint density at radius 1 is 0.889 bits per heavy atom. The normalized spacial score (nSPS) is 13.4. The van der Waals surface area contributed by atoms with Gasteiger partial charge in [-0.25, -0.2) is 0 Å². The van der Waals surface area contributed by atoms with Gasteiger partial charge in [0.25, 0.3) is 5.91 Å². The van der Waals surface area contributed by atoms with Crippen LogP contribution in [0.15, 0.2) is 109 Å². The summed E-state index contributed by atoms with van der Waals surface area (Å²) >= 11 is 0. The van der Waals surface area contributed by atoms with E-state index in [0.29, 0.717) is 17.7 Å². The topological polar surface area (TPSA) is 76.1 Å². The minimum absolute atomic E-state index is 0.0726. The van der Waals surface area contributed by atoms with Crippen LogP contribution in [0.5, 0.6) is 5.75 Å². The number of anilines is 2. The van der Waals surface area contributed by atoms with E-state index in [0.717, 1.165) is 35.8 Å². The lowest BCUT2D eigenvalue weighted by Gasteiger charge is -2.28. The second kappa shape index (κ2) is 13.6. The fourth-order valence-corrected chi connectivity index (χ4v) is 5.76. The molecule has 1 amide bonds. The van der Waals surface area contributed by atoms with Crippen molar-refractivity contribution in [2.24, 2.45) is 0 Å². The summed E-state index contributed by atoms with van der Waals surface area (Å²) in [5, 5.41) is 0. The van der Waals surface area contributed by atoms with Crippen LogP contribution >= 0.6 is 0 Å². The van der Waals surface area contributed by atoms with Gasteiger partial charge < -0.3 is 18.7 Å². The number of amides is 1. The van der Waals surface area contributed by atoms with E-state index in [1.807, 2.05) is 48.5 Å². The molecule has 0 saturated carbocycles. The first-order chi connectivity index (χ1) is 21.6. The lowest BCUT2D eigenvalue weighted by atomic mass is 9.98. The lowest BCUT2D eigenvalue weighted by Crippen LogP contribution is -2.33. The van der Waals surface area contributed by atoms with Crippen molar-refractivity contribution in [2.45, 2.75) is 25.0 Å². The average Bonchev–Trinajstić information content (AvgIpc) is 3.44. The fraction of sp³-hybridized carbons (Fsp3) is 0.206. The average molecular weight is 637 g/mol. The van der Waals surface area contributed by atoms with Gasteiger partial charge in [-0.2, -0.15) is 21.6 Å². The largest absolute Gasteiger partial charge is 0.534 e. The van der Waals surface area contributed by atoms with Crippen LogP contribution in [-0.4, -0.2) is 40.1 Å². The Hall–Kier alpha value is -4.61. The van der Waals surface area contributed by atoms with Crippen LogP contribution in [0.1, 0.15) is 22.3 Å². The first-order valence-corrected chi connectivity index (χ1v) is 15.6. The number of rotatable bonds is 11. The zero-order valence-electron chi connectivity index (χ0n) is 24.4. The van der Waals surface area contributed by atoms with Gasteiger partial charge in [0.1, 0.15) is 0 Å². The quantitative estimate of drug-likeness (QED) is 0.103. The Labute approximate surface area is 260 Å². The molecule has 0 atom stereocenters. The maximum atomic E-state index is 14.7. The van der Waals surface area contributed by atoms with Gasteiger partial charge in [-0.1, -0.05) is 91.0 Å². The highest BCUT2D eigenvalue weighted by molar-refractivity contribution is 7.88. The minimum Gasteiger partial charge on any atom is -0.381 e. The molecule has 0 fully saturated rings. The van der Waals surface area contributed by atoms with Crippen LogP contribution in [0.25, 0.3) is 5.57 Å². The van der Waals surface area contributed by atoms with Crippen LogP contribution in [-0.2, 0) is 39.2 Å². The van der Waals surface area contributed by atoms with Crippen molar-refractivity contribution < 1.29 is 35.3 Å². The van der Waals surface area contributed by atoms with E-state index < -0.39 is 27.3 Å². The SMILES string of the molecule is COC/C=C(\C(=O)N(Cc1ccccc1)c1ccccc1OS(=O)(=O)C(F)(F)F)c1cccc2c1N(Cc1ccccc1)CC2. The summed E-state index contributed by atoms with van der Waals surface area (Å²) in [5.74, 6) is -1.20. The van der Waals surface area contributed by atoms with E-state index in [1.165, 1.54) is 30.2 Å². The lowest BCUT2D eigenvalue weighted by molar-refractivity contribution is -0.113. The van der Waals surface area contributed by atoms with Crippen molar-refractivity contribution in [1.82, 2.24) is 0 Å². The number of fused-ring (bicyclic) bond motifs is 1. The summed E-state index contributed by atoms with van der Waals surface area (Å²) in [4.78, 5) is 18.1. The van der Waals surface area contributed by atoms with Gasteiger partial charge in [0.15, 0.2) is 5.75 Å². The number of ether oxygens (including phenoxy) is 1. The third-order valence-electron chi connectivity index (χ3n) is 7.35. The molecule has 0 aromatic heterocycles. The molecule has 0 saturated heterocycles. The van der Waals surface area contributed by atoms with Gasteiger partial charge in [-0.3, -0.25) is 4.79 Å². The molecule has 0 aliphatic carbocycles. The molecule has 1 heterocycles. The highest BCUT2D eigenvalue weighted by Gasteiger charge is 2.49. The molecule has 5 rings (SSSR count). The number of carbonyl (C=O) groups is 1. The molecule has 1 aliphatic heterocycles. The second-order valence-electron chi connectivity index (χ2n) is 10.4. The van der Waals surface area contributed by atoms with Crippen molar-refractivity contribution in [3.05, 3.63) is 131 Å². The summed E-state index contributed by atoms with van der Waals surface area (Å²) in [5.41, 5.74) is -1.25. The monoisotopic (exact) mass is 636 g/mol. The molecule has 0 unspecified atom stereocenters. The predicted molar refractivity (Wildman–Crippen MR) is 167 cm³/mol. The molecule has 0 radical (unpaired) electrons. The number of para-hydroxylation sites is 3. The third-order valence-corrected chi connectivity index (χ3v) is 8.31. The number of nitrogens with zero attached hydrogens (tertiary/aromatic N) is 2. The zero-order chi connectivity index (χ0) is 32.0. The zero-order valence-corrected chi connectivity index (χ0v) is 25.2. The summed E-state index contributed by atoms with van der Waals surface area (Å²) in [7, 11) is -4.53. The van der Waals surface area contributed by atoms with Gasteiger partial charge in [0.05, 0.1) is 18.8 Å². The van der Waals surface area contributed by atoms with Gasteiger partial charge in [-0.15, -0.1) is 0 Å². The first-order valence-electron chi connectivity index (χ1n) is 14.1. The number of alkyl halides is 3. The van der Waals surface area contributed by atoms with Gasteiger partial charge in [0, 0.05) is 37.0 Å². The molecule has 234 valence electrons. The first kappa shape index (κ1) is 31.8. The molecule has 45 heavy (non-hydrogen) atoms. The Morgan fingerprint density at radius 2 is 1.53 bits per heavy atom. The number of carbonyl (C=O) groups excluding carboxylic acids is 1. The van der Waals surface area contributed by atoms with Crippen molar-refractivity contribution in [3.8, 4) is 5.75 Å². The van der Waals surface area contributed by atoms with E-state index in [4.69, 9.17) is 4.74 Å². The van der Waals surface area contributed by atoms with Crippen LogP contribution in [0.3, 0.4) is 0 Å². The van der Waals surface area contributed by atoms with Crippen LogP contribution in [0, 0.1) is 0 Å². The fourth-order valence-electron chi connectivity index (χ4n) is 5.29. The number of halogens is 3. The van der Waals surface area contributed by atoms with Crippen LogP contribution < -0.4 is 14.0 Å². The molecule has 11 heteroatoms. The van der Waals surface area contributed by atoms with Crippen molar-refractivity contribution in [3.63, 3.8) is 0 Å². The Bertz CT molecular complexity index is 1780. The molecule has 4 aromatic rings. The van der Waals surface area contributed by atoms with Crippen molar-refractivity contribution in [2.75, 3.05) is 30.1 Å². The third kappa shape index (κ3) is 7.21. The molecule has 0 N–H and O–H groups in total. The van der Waals surface area contributed by atoms with Crippen molar-refractivity contribution in [1.29, 1.82) is 0 Å². The molecular formula is C34H31F3N2O5S. The van der Waals surface area contributed by atoms with Gasteiger partial charge >= 0.3 is 15.6 Å². The van der Waals surface area contributed by atoms with Gasteiger partial charge in [-0.05, 0) is 41.3 Å². The highest BCUT2D eigenvalue weighted by Crippen LogP contribution is 2.40. The minimum atomic E-state index is -6.02. The van der Waals surface area contributed by atoms with E-state index >= 15 is 0 Å². The second-order valence-corrected chi connectivity index (χ2v) is 11.9. The molecule has 0 bridgehead atoms. The van der Waals surface area contributed by atoms with Crippen LogP contribution in [0.4, 0.5) is 24.5 Å².